The predicted molar refractivity (Wildman–Crippen MR) is 153 cm³/mol. The highest BCUT2D eigenvalue weighted by Crippen LogP contribution is 2.32. The molecule has 0 unspecified atom stereocenters. The zero-order chi connectivity index (χ0) is 28.4. The van der Waals surface area contributed by atoms with Gasteiger partial charge in [-0.3, -0.25) is 4.79 Å². The minimum atomic E-state index is -0.615. The van der Waals surface area contributed by atoms with E-state index in [1.54, 1.807) is 6.07 Å². The molecule has 1 fully saturated rings. The van der Waals surface area contributed by atoms with Crippen molar-refractivity contribution in [2.75, 3.05) is 37.7 Å². The maximum Gasteiger partial charge on any atom is 0.329 e. The van der Waals surface area contributed by atoms with Gasteiger partial charge in [-0.05, 0) is 74.0 Å². The molecule has 0 aliphatic carbocycles. The lowest BCUT2D eigenvalue weighted by Crippen LogP contribution is -2.35. The Hall–Kier alpha value is -2.98. The van der Waals surface area contributed by atoms with E-state index in [0.717, 1.165) is 87.1 Å². The Morgan fingerprint density at radius 3 is 2.65 bits per heavy atom. The normalized spacial score (nSPS) is 16.9. The summed E-state index contributed by atoms with van der Waals surface area (Å²) >= 11 is 0. The van der Waals surface area contributed by atoms with Crippen LogP contribution in [0.25, 0.3) is 0 Å². The summed E-state index contributed by atoms with van der Waals surface area (Å²) < 4.78 is 17.3. The Kier molecular flexibility index (Phi) is 10.9. The number of carbonyl (C=O) groups is 2. The minimum absolute atomic E-state index is 0.0595. The molecule has 9 heteroatoms. The molecular weight excluding hydrogens is 510 g/mol. The summed E-state index contributed by atoms with van der Waals surface area (Å²) in [6.07, 6.45) is 6.66. The number of amides is 3. The number of aryl methyl sites for hydroxylation is 1. The number of nitrogens with zero attached hydrogens (tertiary/aromatic N) is 1. The van der Waals surface area contributed by atoms with E-state index in [1.165, 1.54) is 4.90 Å². The Labute approximate surface area is 237 Å². The van der Waals surface area contributed by atoms with Gasteiger partial charge in [0.25, 0.3) is 5.91 Å². The Bertz CT molecular complexity index is 1120. The number of rotatable bonds is 16. The van der Waals surface area contributed by atoms with Crippen LogP contribution in [0.5, 0.6) is 5.75 Å². The standard InChI is InChI=1S/C31H43N3O6/c1-31(2)39-22-25-19-24(13-14-28(25)40-31)27(35)20-32-15-6-3-4-7-16-38-17-8-5-10-23-11-9-12-26(18-23)34-29(36)21-33-30(34)37/h9,11-14,18-19,27,32,35H,3-8,10,15-17,20-22H2,1-2H3,(H,33,37)/t27-/m0/s1. The molecule has 9 nitrogen and oxygen atoms in total. The fourth-order valence-electron chi connectivity index (χ4n) is 4.90. The van der Waals surface area contributed by atoms with E-state index in [4.69, 9.17) is 14.2 Å². The van der Waals surface area contributed by atoms with Crippen molar-refractivity contribution < 1.29 is 28.9 Å². The van der Waals surface area contributed by atoms with Gasteiger partial charge in [0.2, 0.25) is 5.79 Å². The van der Waals surface area contributed by atoms with Gasteiger partial charge in [0, 0.05) is 39.2 Å². The highest BCUT2D eigenvalue weighted by atomic mass is 16.7. The second-order valence-corrected chi connectivity index (χ2v) is 10.9. The second-order valence-electron chi connectivity index (χ2n) is 10.9. The molecule has 4 rings (SSSR count). The van der Waals surface area contributed by atoms with Crippen LogP contribution in [-0.4, -0.2) is 55.7 Å². The average molecular weight is 554 g/mol. The van der Waals surface area contributed by atoms with Crippen molar-refractivity contribution in [3.05, 3.63) is 59.2 Å². The first kappa shape index (κ1) is 30.0. The molecule has 2 aliphatic rings. The van der Waals surface area contributed by atoms with Gasteiger partial charge in [0.1, 0.15) is 5.75 Å². The highest BCUT2D eigenvalue weighted by Gasteiger charge is 2.30. The molecule has 1 atom stereocenters. The molecule has 3 amide bonds. The van der Waals surface area contributed by atoms with Gasteiger partial charge in [0.05, 0.1) is 24.9 Å². The van der Waals surface area contributed by atoms with E-state index in [9.17, 15) is 14.7 Å². The van der Waals surface area contributed by atoms with Gasteiger partial charge in [-0.15, -0.1) is 0 Å². The fraction of sp³-hybridized carbons (Fsp3) is 0.548. The van der Waals surface area contributed by atoms with Crippen molar-refractivity contribution in [1.29, 1.82) is 0 Å². The number of urea groups is 1. The summed E-state index contributed by atoms with van der Waals surface area (Å²) in [5.74, 6) is -0.0148. The van der Waals surface area contributed by atoms with E-state index < -0.39 is 11.9 Å². The molecule has 2 aromatic carbocycles. The van der Waals surface area contributed by atoms with E-state index in [1.807, 2.05) is 50.2 Å². The molecule has 3 N–H and O–H groups in total. The number of nitrogens with one attached hydrogen (secondary N) is 2. The zero-order valence-electron chi connectivity index (χ0n) is 23.7. The second kappa shape index (κ2) is 14.6. The third-order valence-corrected chi connectivity index (χ3v) is 7.15. The molecule has 2 heterocycles. The number of unbranched alkanes of at least 4 members (excludes halogenated alkanes) is 4. The molecule has 0 aromatic heterocycles. The molecule has 2 aromatic rings. The summed E-state index contributed by atoms with van der Waals surface area (Å²) in [5, 5.41) is 16.4. The first-order valence-corrected chi connectivity index (χ1v) is 14.4. The molecule has 1 saturated heterocycles. The zero-order valence-corrected chi connectivity index (χ0v) is 23.7. The van der Waals surface area contributed by atoms with Gasteiger partial charge < -0.3 is 30.0 Å². The van der Waals surface area contributed by atoms with Crippen LogP contribution in [0.3, 0.4) is 0 Å². The van der Waals surface area contributed by atoms with Crippen LogP contribution in [0.4, 0.5) is 10.5 Å². The van der Waals surface area contributed by atoms with Crippen molar-refractivity contribution in [2.45, 2.75) is 77.3 Å². The number of ether oxygens (including phenoxy) is 3. The monoisotopic (exact) mass is 553 g/mol. The third kappa shape index (κ3) is 8.76. The number of aliphatic hydroxyl groups is 1. The number of hydrogen-bond donors (Lipinski definition) is 3. The number of imide groups is 1. The molecular formula is C31H43N3O6. The van der Waals surface area contributed by atoms with E-state index in [0.29, 0.717) is 18.8 Å². The van der Waals surface area contributed by atoms with Gasteiger partial charge in [-0.1, -0.05) is 31.0 Å². The van der Waals surface area contributed by atoms with Crippen LogP contribution in [0, 0.1) is 0 Å². The number of fused-ring (bicyclic) bond motifs is 1. The third-order valence-electron chi connectivity index (χ3n) is 7.15. The average Bonchev–Trinajstić information content (AvgIpc) is 3.28. The Morgan fingerprint density at radius 1 is 1.05 bits per heavy atom. The van der Waals surface area contributed by atoms with Gasteiger partial charge in [0.15, 0.2) is 0 Å². The maximum absolute atomic E-state index is 11.9. The van der Waals surface area contributed by atoms with Crippen molar-refractivity contribution >= 4 is 17.6 Å². The van der Waals surface area contributed by atoms with Crippen LogP contribution in [0.15, 0.2) is 42.5 Å². The maximum atomic E-state index is 11.9. The number of benzene rings is 2. The topological polar surface area (TPSA) is 109 Å². The summed E-state index contributed by atoms with van der Waals surface area (Å²) in [6.45, 7) is 7.24. The Morgan fingerprint density at radius 2 is 1.85 bits per heavy atom. The molecule has 40 heavy (non-hydrogen) atoms. The van der Waals surface area contributed by atoms with Crippen molar-refractivity contribution in [1.82, 2.24) is 10.6 Å². The first-order valence-electron chi connectivity index (χ1n) is 14.4. The van der Waals surface area contributed by atoms with Crippen molar-refractivity contribution in [3.8, 4) is 5.75 Å². The van der Waals surface area contributed by atoms with E-state index in [2.05, 4.69) is 10.6 Å². The lowest BCUT2D eigenvalue weighted by Gasteiger charge is -2.33. The van der Waals surface area contributed by atoms with Gasteiger partial charge in [-0.25, -0.2) is 9.69 Å². The summed E-state index contributed by atoms with van der Waals surface area (Å²) in [4.78, 5) is 25.0. The summed E-state index contributed by atoms with van der Waals surface area (Å²) in [7, 11) is 0. The predicted octanol–water partition coefficient (Wildman–Crippen LogP) is 4.61. The Balaban J connectivity index is 0.981. The van der Waals surface area contributed by atoms with Crippen LogP contribution in [-0.2, 0) is 27.3 Å². The fourth-order valence-corrected chi connectivity index (χ4v) is 4.90. The van der Waals surface area contributed by atoms with Crippen LogP contribution in [0.1, 0.15) is 75.2 Å². The molecule has 0 radical (unpaired) electrons. The van der Waals surface area contributed by atoms with Crippen LogP contribution in [0.2, 0.25) is 0 Å². The van der Waals surface area contributed by atoms with Crippen molar-refractivity contribution in [3.63, 3.8) is 0 Å². The molecule has 2 aliphatic heterocycles. The minimum Gasteiger partial charge on any atom is -0.463 e. The first-order chi connectivity index (χ1) is 19.3. The smallest absolute Gasteiger partial charge is 0.329 e. The molecule has 0 bridgehead atoms. The van der Waals surface area contributed by atoms with Gasteiger partial charge in [-0.2, -0.15) is 0 Å². The SMILES string of the molecule is CC1(C)OCc2cc([C@@H](O)CNCCCCCCOCCCCc3cccc(N4C(=O)CNC4=O)c3)ccc2O1. The molecule has 0 saturated carbocycles. The largest absolute Gasteiger partial charge is 0.463 e. The summed E-state index contributed by atoms with van der Waals surface area (Å²) in [5.41, 5.74) is 3.58. The molecule has 0 spiro atoms. The van der Waals surface area contributed by atoms with E-state index >= 15 is 0 Å². The summed E-state index contributed by atoms with van der Waals surface area (Å²) in [6, 6.07) is 13.1. The number of aliphatic hydroxyl groups excluding tert-OH is 1. The number of carbonyl (C=O) groups excluding carboxylic acids is 2. The lowest BCUT2D eigenvalue weighted by molar-refractivity contribution is -0.180. The number of hydrogen-bond acceptors (Lipinski definition) is 7. The highest BCUT2D eigenvalue weighted by molar-refractivity contribution is 6.19. The lowest BCUT2D eigenvalue weighted by atomic mass is 10.0. The van der Waals surface area contributed by atoms with Crippen LogP contribution < -0.4 is 20.3 Å². The van der Waals surface area contributed by atoms with Crippen molar-refractivity contribution in [2.24, 2.45) is 0 Å². The molecule has 218 valence electrons. The quantitative estimate of drug-likeness (QED) is 0.206. The van der Waals surface area contributed by atoms with E-state index in [-0.39, 0.29) is 18.5 Å². The number of anilines is 1. The van der Waals surface area contributed by atoms with Crippen LogP contribution >= 0.6 is 0 Å². The van der Waals surface area contributed by atoms with Gasteiger partial charge >= 0.3 is 6.03 Å².